The van der Waals surface area contributed by atoms with E-state index >= 15 is 0 Å². The Hall–Kier alpha value is -3.19. The van der Waals surface area contributed by atoms with Gasteiger partial charge in [0.15, 0.2) is 0 Å². The maximum Gasteiger partial charge on any atom is 0.311 e. The lowest BCUT2D eigenvalue weighted by atomic mass is 9.95. The number of hydrogen-bond acceptors (Lipinski definition) is 5. The van der Waals surface area contributed by atoms with Crippen LogP contribution in [0.5, 0.6) is 0 Å². The van der Waals surface area contributed by atoms with E-state index in [2.05, 4.69) is 27.4 Å². The average Bonchev–Trinajstić information content (AvgIpc) is 3.48. The molecule has 0 unspecified atom stereocenters. The molecule has 0 aliphatic carbocycles. The molecule has 0 bridgehead atoms. The Morgan fingerprint density at radius 2 is 2.11 bits per heavy atom. The van der Waals surface area contributed by atoms with Gasteiger partial charge in [-0.2, -0.15) is 5.10 Å². The molecule has 36 heavy (non-hydrogen) atoms. The molecule has 2 aliphatic rings. The molecular formula is C29H37N5O2. The predicted molar refractivity (Wildman–Crippen MR) is 142 cm³/mol. The van der Waals surface area contributed by atoms with Crippen molar-refractivity contribution in [2.45, 2.75) is 58.3 Å². The lowest BCUT2D eigenvalue weighted by Gasteiger charge is -2.20. The molecule has 0 spiro atoms. The van der Waals surface area contributed by atoms with Crippen molar-refractivity contribution in [3.8, 4) is 5.69 Å². The zero-order valence-corrected chi connectivity index (χ0v) is 21.4. The van der Waals surface area contributed by atoms with E-state index in [0.717, 1.165) is 73.9 Å². The molecule has 0 radical (unpaired) electrons. The second-order valence-corrected chi connectivity index (χ2v) is 10.4. The zero-order chi connectivity index (χ0) is 25.1. The summed E-state index contributed by atoms with van der Waals surface area (Å²) in [5.41, 5.74) is 6.27. The van der Waals surface area contributed by atoms with E-state index in [9.17, 15) is 9.90 Å². The highest BCUT2D eigenvalue weighted by molar-refractivity contribution is 5.76. The number of nitrogens with zero attached hydrogens (tertiary/aromatic N) is 4. The van der Waals surface area contributed by atoms with E-state index in [1.165, 1.54) is 24.1 Å². The summed E-state index contributed by atoms with van der Waals surface area (Å²) < 4.78 is 1.89. The SMILES string of the molecule is Cc1cc(C)n(-c2cccc([C@H](CCN3CC[C@H](CCc4ccc5c(n4)NCCC5)C3)C(=O)O)c2)n1. The van der Waals surface area contributed by atoms with Gasteiger partial charge in [0.05, 0.1) is 17.3 Å². The Kier molecular flexibility index (Phi) is 7.37. The summed E-state index contributed by atoms with van der Waals surface area (Å²) in [6, 6.07) is 14.3. The minimum Gasteiger partial charge on any atom is -0.481 e. The van der Waals surface area contributed by atoms with Gasteiger partial charge in [-0.1, -0.05) is 18.2 Å². The molecule has 2 atom stereocenters. The highest BCUT2D eigenvalue weighted by atomic mass is 16.4. The standard InChI is InChI=1S/C29H37N5O2/c1-20-17-21(2)34(32-20)26-7-3-5-24(18-26)27(29(35)36)13-16-33-15-12-22(19-33)8-10-25-11-9-23-6-4-14-30-28(23)31-25/h3,5,7,9,11,17-18,22,27H,4,6,8,10,12-16,19H2,1-2H3,(H,30,31)(H,35,36)/t22-,27-/m0/s1. The molecular weight excluding hydrogens is 450 g/mol. The molecule has 0 amide bonds. The third-order valence-electron chi connectivity index (χ3n) is 7.69. The van der Waals surface area contributed by atoms with Crippen LogP contribution in [0.2, 0.25) is 0 Å². The summed E-state index contributed by atoms with van der Waals surface area (Å²) in [6.45, 7) is 7.90. The van der Waals surface area contributed by atoms with Crippen LogP contribution in [0.1, 0.15) is 59.8 Å². The van der Waals surface area contributed by atoms with Crippen LogP contribution < -0.4 is 5.32 Å². The van der Waals surface area contributed by atoms with Crippen molar-refractivity contribution in [2.24, 2.45) is 5.92 Å². The number of pyridine rings is 1. The molecule has 1 aromatic carbocycles. The minimum atomic E-state index is -0.761. The lowest BCUT2D eigenvalue weighted by molar-refractivity contribution is -0.139. The quantitative estimate of drug-likeness (QED) is 0.453. The smallest absolute Gasteiger partial charge is 0.311 e. The minimum absolute atomic E-state index is 0.520. The van der Waals surface area contributed by atoms with E-state index in [0.29, 0.717) is 12.3 Å². The van der Waals surface area contributed by atoms with Crippen LogP contribution in [0.15, 0.2) is 42.5 Å². The number of anilines is 1. The number of aromatic nitrogens is 3. The number of likely N-dealkylation sites (tertiary alicyclic amines) is 1. The second-order valence-electron chi connectivity index (χ2n) is 10.4. The molecule has 4 heterocycles. The molecule has 1 fully saturated rings. The monoisotopic (exact) mass is 487 g/mol. The predicted octanol–water partition coefficient (Wildman–Crippen LogP) is 4.76. The van der Waals surface area contributed by atoms with Crippen LogP contribution >= 0.6 is 0 Å². The van der Waals surface area contributed by atoms with Crippen molar-refractivity contribution in [3.05, 3.63) is 70.7 Å². The van der Waals surface area contributed by atoms with Gasteiger partial charge in [0.2, 0.25) is 0 Å². The van der Waals surface area contributed by atoms with Crippen LogP contribution in [-0.4, -0.2) is 56.9 Å². The first kappa shape index (κ1) is 24.5. The Morgan fingerprint density at radius 3 is 2.92 bits per heavy atom. The number of carboxylic acid groups (broad SMARTS) is 1. The van der Waals surface area contributed by atoms with Crippen LogP contribution in [0.3, 0.4) is 0 Å². The fraction of sp³-hybridized carbons (Fsp3) is 0.483. The molecule has 5 rings (SSSR count). The Balaban J connectivity index is 1.15. The fourth-order valence-corrected chi connectivity index (χ4v) is 5.72. The molecule has 190 valence electrons. The number of fused-ring (bicyclic) bond motifs is 1. The average molecular weight is 488 g/mol. The van der Waals surface area contributed by atoms with E-state index in [4.69, 9.17) is 4.98 Å². The Morgan fingerprint density at radius 1 is 1.22 bits per heavy atom. The molecule has 0 saturated carbocycles. The summed E-state index contributed by atoms with van der Waals surface area (Å²) in [7, 11) is 0. The molecule has 2 aliphatic heterocycles. The maximum atomic E-state index is 12.2. The number of aryl methyl sites for hydroxylation is 4. The third kappa shape index (κ3) is 5.62. The van der Waals surface area contributed by atoms with Crippen LogP contribution in [0.4, 0.5) is 5.82 Å². The number of rotatable bonds is 9. The second kappa shape index (κ2) is 10.8. The highest BCUT2D eigenvalue weighted by Gasteiger charge is 2.26. The number of carbonyl (C=O) groups is 1. The van der Waals surface area contributed by atoms with Crippen molar-refractivity contribution in [2.75, 3.05) is 31.5 Å². The number of hydrogen-bond donors (Lipinski definition) is 2. The van der Waals surface area contributed by atoms with Gasteiger partial charge in [-0.15, -0.1) is 0 Å². The molecule has 3 aromatic rings. The first-order chi connectivity index (χ1) is 17.5. The van der Waals surface area contributed by atoms with Gasteiger partial charge in [0.1, 0.15) is 5.82 Å². The number of benzene rings is 1. The largest absolute Gasteiger partial charge is 0.481 e. The summed E-state index contributed by atoms with van der Waals surface area (Å²) in [6.07, 6.45) is 6.23. The van der Waals surface area contributed by atoms with Gasteiger partial charge in [0, 0.05) is 24.5 Å². The third-order valence-corrected chi connectivity index (χ3v) is 7.69. The normalized spacial score (nSPS) is 18.6. The van der Waals surface area contributed by atoms with Gasteiger partial charge in [0.25, 0.3) is 0 Å². The number of carboxylic acids is 1. The van der Waals surface area contributed by atoms with E-state index in [1.807, 2.05) is 48.9 Å². The molecule has 7 nitrogen and oxygen atoms in total. The van der Waals surface area contributed by atoms with Gasteiger partial charge in [-0.3, -0.25) is 4.79 Å². The molecule has 1 saturated heterocycles. The first-order valence-corrected chi connectivity index (χ1v) is 13.3. The van der Waals surface area contributed by atoms with Crippen LogP contribution in [-0.2, 0) is 17.6 Å². The van der Waals surface area contributed by atoms with Crippen molar-refractivity contribution < 1.29 is 9.90 Å². The molecule has 7 heteroatoms. The van der Waals surface area contributed by atoms with Crippen molar-refractivity contribution in [1.29, 1.82) is 0 Å². The van der Waals surface area contributed by atoms with Gasteiger partial charge < -0.3 is 15.3 Å². The number of aliphatic carboxylic acids is 1. The maximum absolute atomic E-state index is 12.2. The van der Waals surface area contributed by atoms with Gasteiger partial charge in [-0.05, 0) is 107 Å². The van der Waals surface area contributed by atoms with Crippen molar-refractivity contribution >= 4 is 11.8 Å². The Labute approximate surface area is 213 Å². The van der Waals surface area contributed by atoms with Crippen molar-refractivity contribution in [3.63, 3.8) is 0 Å². The fourth-order valence-electron chi connectivity index (χ4n) is 5.72. The molecule has 2 N–H and O–H groups in total. The summed E-state index contributed by atoms with van der Waals surface area (Å²) in [5, 5.41) is 18.0. The van der Waals surface area contributed by atoms with E-state index in [1.54, 1.807) is 0 Å². The van der Waals surface area contributed by atoms with Gasteiger partial charge >= 0.3 is 5.97 Å². The number of nitrogens with one attached hydrogen (secondary N) is 1. The topological polar surface area (TPSA) is 83.3 Å². The van der Waals surface area contributed by atoms with Crippen LogP contribution in [0.25, 0.3) is 5.69 Å². The summed E-state index contributed by atoms with van der Waals surface area (Å²) in [4.78, 5) is 19.5. The van der Waals surface area contributed by atoms with Gasteiger partial charge in [-0.25, -0.2) is 9.67 Å². The van der Waals surface area contributed by atoms with Crippen molar-refractivity contribution in [1.82, 2.24) is 19.7 Å². The highest BCUT2D eigenvalue weighted by Crippen LogP contribution is 2.27. The summed E-state index contributed by atoms with van der Waals surface area (Å²) >= 11 is 0. The first-order valence-electron chi connectivity index (χ1n) is 13.3. The van der Waals surface area contributed by atoms with E-state index < -0.39 is 11.9 Å². The zero-order valence-electron chi connectivity index (χ0n) is 21.4. The Bertz CT molecular complexity index is 1220. The lowest BCUT2D eigenvalue weighted by Crippen LogP contribution is -2.25. The van der Waals surface area contributed by atoms with E-state index in [-0.39, 0.29) is 0 Å². The summed E-state index contributed by atoms with van der Waals surface area (Å²) in [5.74, 6) is 0.443. The molecule has 2 aromatic heterocycles. The van der Waals surface area contributed by atoms with Crippen LogP contribution in [0, 0.1) is 19.8 Å².